The standard InChI is InChI=1S/C26H34N8O6S/c1-2-20(32-41(39,40)19-7-5-17(6-8-19)24(27)28)26(18-4-3-9-29-14-18,34-13-11-31-16-22(34)36)23(25(37)38)33-12-10-30-15-21(33)35/h3-9,14,20,23,30-32H,2,10-13,15-16H2,1H3,(H3,27,28)(H,37,38). The number of hydrogen-bond acceptors (Lipinski definition) is 9. The van der Waals surface area contributed by atoms with E-state index in [0.29, 0.717) is 18.7 Å². The van der Waals surface area contributed by atoms with Gasteiger partial charge in [0.2, 0.25) is 21.8 Å². The van der Waals surface area contributed by atoms with Crippen LogP contribution < -0.4 is 21.1 Å². The number of rotatable bonds is 11. The first-order chi connectivity index (χ1) is 19.5. The van der Waals surface area contributed by atoms with Gasteiger partial charge in [0, 0.05) is 49.7 Å². The fourth-order valence-electron chi connectivity index (χ4n) is 5.65. The van der Waals surface area contributed by atoms with E-state index in [4.69, 9.17) is 11.1 Å². The molecule has 4 rings (SSSR count). The number of hydrogen-bond donors (Lipinski definition) is 6. The largest absolute Gasteiger partial charge is 0.480 e. The molecule has 3 atom stereocenters. The number of benzene rings is 1. The summed E-state index contributed by atoms with van der Waals surface area (Å²) in [4.78, 5) is 46.7. The molecule has 2 aliphatic rings. The van der Waals surface area contributed by atoms with Crippen LogP contribution in [0.2, 0.25) is 0 Å². The van der Waals surface area contributed by atoms with E-state index < -0.39 is 45.4 Å². The van der Waals surface area contributed by atoms with Crippen LogP contribution in [0.5, 0.6) is 0 Å². The number of sulfonamides is 1. The maximum Gasteiger partial charge on any atom is 0.329 e. The van der Waals surface area contributed by atoms with Gasteiger partial charge in [-0.1, -0.05) is 13.0 Å². The number of nitrogen functional groups attached to an aromatic ring is 1. The van der Waals surface area contributed by atoms with E-state index >= 15 is 0 Å². The number of carbonyl (C=O) groups excluding carboxylic acids is 2. The zero-order valence-electron chi connectivity index (χ0n) is 22.5. The zero-order valence-corrected chi connectivity index (χ0v) is 23.4. The van der Waals surface area contributed by atoms with E-state index in [1.165, 1.54) is 46.5 Å². The molecular formula is C26H34N8O6S. The molecule has 0 saturated carbocycles. The van der Waals surface area contributed by atoms with Crippen molar-refractivity contribution < 1.29 is 27.9 Å². The van der Waals surface area contributed by atoms with E-state index in [-0.39, 0.29) is 48.9 Å². The van der Waals surface area contributed by atoms with Crippen molar-refractivity contribution >= 4 is 33.6 Å². The Morgan fingerprint density at radius 2 is 1.80 bits per heavy atom. The summed E-state index contributed by atoms with van der Waals surface area (Å²) in [6.45, 7) is 2.22. The Morgan fingerprint density at radius 1 is 1.15 bits per heavy atom. The minimum absolute atomic E-state index is 0.0355. The third kappa shape index (κ3) is 5.79. The van der Waals surface area contributed by atoms with Gasteiger partial charge in [-0.3, -0.25) is 20.0 Å². The average molecular weight is 587 g/mol. The van der Waals surface area contributed by atoms with Gasteiger partial charge >= 0.3 is 5.97 Å². The molecule has 1 aromatic carbocycles. The SMILES string of the molecule is CCC(NS(=O)(=O)c1ccc(C(=N)N)cc1)C(c1cccnc1)(C(C(=O)O)N1CCNCC1=O)N1CCNCC1=O. The van der Waals surface area contributed by atoms with Crippen LogP contribution in [-0.2, 0) is 29.9 Å². The highest BCUT2D eigenvalue weighted by molar-refractivity contribution is 7.89. The fraction of sp³-hybridized carbons (Fsp3) is 0.423. The van der Waals surface area contributed by atoms with Crippen molar-refractivity contribution in [1.82, 2.24) is 30.1 Å². The maximum atomic E-state index is 13.8. The lowest BCUT2D eigenvalue weighted by atomic mass is 9.73. The molecular weight excluding hydrogens is 552 g/mol. The second kappa shape index (κ2) is 12.3. The number of amides is 2. The topological polar surface area (TPSA) is 211 Å². The fourth-order valence-corrected chi connectivity index (χ4v) is 7.00. The molecule has 2 amide bonds. The molecule has 3 heterocycles. The molecule has 0 aliphatic carbocycles. The van der Waals surface area contributed by atoms with Gasteiger partial charge in [-0.15, -0.1) is 0 Å². The number of aliphatic carboxylic acids is 1. The Hall–Kier alpha value is -3.92. The monoisotopic (exact) mass is 586 g/mol. The van der Waals surface area contributed by atoms with Gasteiger partial charge in [0.15, 0.2) is 6.04 Å². The number of nitrogens with two attached hydrogens (primary N) is 1. The molecule has 0 radical (unpaired) electrons. The number of amidine groups is 1. The number of aromatic nitrogens is 1. The van der Waals surface area contributed by atoms with Crippen LogP contribution in [0.25, 0.3) is 0 Å². The van der Waals surface area contributed by atoms with Crippen LogP contribution in [0.4, 0.5) is 0 Å². The van der Waals surface area contributed by atoms with Crippen molar-refractivity contribution in [1.29, 1.82) is 5.41 Å². The van der Waals surface area contributed by atoms with Gasteiger partial charge in [-0.05, 0) is 36.8 Å². The van der Waals surface area contributed by atoms with Crippen molar-refractivity contribution in [2.75, 3.05) is 39.3 Å². The highest BCUT2D eigenvalue weighted by Gasteiger charge is 2.59. The second-order valence-corrected chi connectivity index (χ2v) is 11.5. The van der Waals surface area contributed by atoms with Gasteiger partial charge in [0.1, 0.15) is 11.4 Å². The third-order valence-corrected chi connectivity index (χ3v) is 8.95. The summed E-state index contributed by atoms with van der Waals surface area (Å²) in [5.74, 6) is -2.56. The number of nitrogens with zero attached hydrogens (tertiary/aromatic N) is 3. The van der Waals surface area contributed by atoms with Crippen LogP contribution in [0.1, 0.15) is 24.5 Å². The molecule has 3 unspecified atom stereocenters. The molecule has 2 aliphatic heterocycles. The molecule has 2 aromatic rings. The predicted octanol–water partition coefficient (Wildman–Crippen LogP) is -1.37. The number of pyridine rings is 1. The molecule has 15 heteroatoms. The van der Waals surface area contributed by atoms with E-state index in [1.54, 1.807) is 19.1 Å². The van der Waals surface area contributed by atoms with Gasteiger partial charge in [-0.25, -0.2) is 17.9 Å². The summed E-state index contributed by atoms with van der Waals surface area (Å²) >= 11 is 0. The molecule has 2 fully saturated rings. The molecule has 41 heavy (non-hydrogen) atoms. The Kier molecular flexibility index (Phi) is 9.01. The van der Waals surface area contributed by atoms with Crippen molar-refractivity contribution in [3.8, 4) is 0 Å². The van der Waals surface area contributed by atoms with E-state index in [2.05, 4.69) is 20.3 Å². The Labute approximate surface area is 237 Å². The van der Waals surface area contributed by atoms with E-state index in [1.807, 2.05) is 0 Å². The number of carboxylic acids is 1. The van der Waals surface area contributed by atoms with Crippen LogP contribution in [-0.4, -0.2) is 103 Å². The maximum absolute atomic E-state index is 13.8. The Balaban J connectivity index is 1.96. The van der Waals surface area contributed by atoms with Crippen molar-refractivity contribution in [2.45, 2.75) is 35.9 Å². The van der Waals surface area contributed by atoms with Gasteiger partial charge < -0.3 is 31.3 Å². The summed E-state index contributed by atoms with van der Waals surface area (Å²) in [7, 11) is -4.31. The summed E-state index contributed by atoms with van der Waals surface area (Å²) in [5, 5.41) is 24.3. The normalized spacial score (nSPS) is 19.3. The first kappa shape index (κ1) is 30.0. The van der Waals surface area contributed by atoms with Crippen LogP contribution in [0.3, 0.4) is 0 Å². The second-order valence-electron chi connectivity index (χ2n) is 9.81. The van der Waals surface area contributed by atoms with Crippen molar-refractivity contribution in [3.05, 3.63) is 59.9 Å². The van der Waals surface area contributed by atoms with Gasteiger partial charge in [0.25, 0.3) is 0 Å². The first-order valence-electron chi connectivity index (χ1n) is 13.2. The Bertz CT molecular complexity index is 1400. The molecule has 0 spiro atoms. The number of carboxylic acid groups (broad SMARTS) is 1. The summed E-state index contributed by atoms with van der Waals surface area (Å²) in [5.41, 5.74) is 4.23. The van der Waals surface area contributed by atoms with Crippen LogP contribution in [0, 0.1) is 5.41 Å². The average Bonchev–Trinajstić information content (AvgIpc) is 2.96. The molecule has 7 N–H and O–H groups in total. The predicted molar refractivity (Wildman–Crippen MR) is 148 cm³/mol. The molecule has 2 saturated heterocycles. The molecule has 1 aromatic heterocycles. The van der Waals surface area contributed by atoms with Crippen LogP contribution >= 0.6 is 0 Å². The number of piperazine rings is 2. The summed E-state index contributed by atoms with van der Waals surface area (Å²) in [6, 6.07) is 5.69. The lowest BCUT2D eigenvalue weighted by Crippen LogP contribution is -2.75. The van der Waals surface area contributed by atoms with Gasteiger partial charge in [-0.2, -0.15) is 0 Å². The van der Waals surface area contributed by atoms with E-state index in [9.17, 15) is 27.9 Å². The van der Waals surface area contributed by atoms with Crippen molar-refractivity contribution in [2.24, 2.45) is 5.73 Å². The van der Waals surface area contributed by atoms with Crippen LogP contribution in [0.15, 0.2) is 53.7 Å². The lowest BCUT2D eigenvalue weighted by Gasteiger charge is -2.55. The first-order valence-corrected chi connectivity index (χ1v) is 14.6. The highest BCUT2D eigenvalue weighted by Crippen LogP contribution is 2.41. The van der Waals surface area contributed by atoms with Gasteiger partial charge in [0.05, 0.1) is 24.0 Å². The zero-order chi connectivity index (χ0) is 29.8. The summed E-state index contributed by atoms with van der Waals surface area (Å²) < 4.78 is 30.3. The third-order valence-electron chi connectivity index (χ3n) is 7.46. The Morgan fingerprint density at radius 3 is 2.34 bits per heavy atom. The summed E-state index contributed by atoms with van der Waals surface area (Å²) in [6.07, 6.45) is 2.96. The lowest BCUT2D eigenvalue weighted by molar-refractivity contribution is -0.167. The smallest absolute Gasteiger partial charge is 0.329 e. The highest BCUT2D eigenvalue weighted by atomic mass is 32.2. The number of nitrogens with one attached hydrogen (secondary N) is 4. The van der Waals surface area contributed by atoms with Crippen molar-refractivity contribution in [3.63, 3.8) is 0 Å². The molecule has 0 bridgehead atoms. The number of carbonyl (C=O) groups is 3. The minimum atomic E-state index is -4.31. The quantitative estimate of drug-likeness (QED) is 0.134. The molecule has 14 nitrogen and oxygen atoms in total. The van der Waals surface area contributed by atoms with E-state index in [0.717, 1.165) is 0 Å². The minimum Gasteiger partial charge on any atom is -0.480 e. The molecule has 220 valence electrons.